The molecule has 0 N–H and O–H groups in total. The van der Waals surface area contributed by atoms with Crippen LogP contribution in [0.15, 0.2) is 388 Å². The Bertz CT molecular complexity index is 5390. The second kappa shape index (κ2) is 27.5. The van der Waals surface area contributed by atoms with Crippen LogP contribution in [-0.2, 0) is 0 Å². The first-order valence-corrected chi connectivity index (χ1v) is 33.8. The molecular weight excluding hydrogens is 1200 g/mol. The Labute approximate surface area is 579 Å². The lowest BCUT2D eigenvalue weighted by molar-refractivity contribution is 0.622. The number of fused-ring (bicyclic) bond motifs is 7. The van der Waals surface area contributed by atoms with E-state index < -0.39 is 0 Å². The van der Waals surface area contributed by atoms with Gasteiger partial charge in [0.05, 0.1) is 0 Å². The van der Waals surface area contributed by atoms with Crippen molar-refractivity contribution in [1.82, 2.24) is 4.98 Å². The molecule has 1 heterocycles. The minimum atomic E-state index is 0.839. The lowest BCUT2D eigenvalue weighted by Gasteiger charge is -2.28. The summed E-state index contributed by atoms with van der Waals surface area (Å²) >= 11 is 1.47. The average Bonchev–Trinajstić information content (AvgIpc) is 0.739. The zero-order valence-corrected chi connectivity index (χ0v) is 55.3. The molecule has 0 aliphatic carbocycles. The van der Waals surface area contributed by atoms with E-state index in [1.54, 1.807) is 6.20 Å². The van der Waals surface area contributed by atoms with Gasteiger partial charge in [-0.1, -0.05) is 285 Å². The summed E-state index contributed by atoms with van der Waals surface area (Å²) in [5.74, 6) is 0.839. The van der Waals surface area contributed by atoms with Crippen molar-refractivity contribution in [2.45, 2.75) is 0 Å². The third-order valence-corrected chi connectivity index (χ3v) is 18.9. The molecule has 0 atom stereocenters. The van der Waals surface area contributed by atoms with Gasteiger partial charge in [0.2, 0.25) is 0 Å². The molecule has 0 aliphatic rings. The molecule has 1 aromatic heterocycles. The van der Waals surface area contributed by atoms with E-state index >= 15 is 0 Å². The highest BCUT2D eigenvalue weighted by Gasteiger charge is 2.23. The smallest absolute Gasteiger partial charge is 0.494 e. The lowest BCUT2D eigenvalue weighted by Crippen LogP contribution is -2.10. The maximum Gasteiger partial charge on any atom is 0.494 e. The molecule has 1 radical (unpaired) electrons. The fraction of sp³-hybridized carbons (Fsp3) is 0. The molecule has 18 aromatic rings. The molecule has 0 unspecified atom stereocenters. The van der Waals surface area contributed by atoms with Crippen molar-refractivity contribution in [3.8, 4) is 50.3 Å². The normalized spacial score (nSPS) is 11.1. The number of hydrogen-bond donors (Lipinski definition) is 0. The van der Waals surface area contributed by atoms with Crippen LogP contribution in [0.5, 0.6) is 5.75 Å². The highest BCUT2D eigenvalue weighted by atomic mass is 27.1. The first-order chi connectivity index (χ1) is 48.6. The Balaban J connectivity index is 0.000000138. The van der Waals surface area contributed by atoms with Gasteiger partial charge in [-0.2, -0.15) is 0 Å². The van der Waals surface area contributed by atoms with Crippen molar-refractivity contribution in [3.05, 3.63) is 388 Å². The summed E-state index contributed by atoms with van der Waals surface area (Å²) in [5.41, 5.74) is 17.6. The molecule has 0 amide bonds. The van der Waals surface area contributed by atoms with Gasteiger partial charge in [-0.25, -0.2) is 0 Å². The van der Waals surface area contributed by atoms with Crippen LogP contribution in [0, 0.1) is 0 Å². The number of aromatic nitrogens is 1. The molecule has 98 heavy (non-hydrogen) atoms. The second-order valence-electron chi connectivity index (χ2n) is 24.4. The molecule has 0 saturated carbocycles. The van der Waals surface area contributed by atoms with Crippen LogP contribution in [0.2, 0.25) is 0 Å². The minimum Gasteiger partial charge on any atom is -0.649 e. The van der Waals surface area contributed by atoms with E-state index in [-0.39, 0.29) is 0 Å². The monoisotopic (exact) mass is 1270 g/mol. The zero-order chi connectivity index (χ0) is 65.6. The van der Waals surface area contributed by atoms with E-state index in [4.69, 9.17) is 3.79 Å². The van der Waals surface area contributed by atoms with E-state index in [9.17, 15) is 0 Å². The van der Waals surface area contributed by atoms with Gasteiger partial charge in [0, 0.05) is 45.7 Å². The van der Waals surface area contributed by atoms with E-state index in [0.29, 0.717) is 0 Å². The molecule has 18 rings (SSSR count). The molecule has 0 aliphatic heterocycles. The van der Waals surface area contributed by atoms with Crippen LogP contribution in [0.4, 0.5) is 34.1 Å². The second-order valence-corrected chi connectivity index (χ2v) is 24.7. The number of para-hydroxylation sites is 5. The van der Waals surface area contributed by atoms with Crippen LogP contribution in [0.1, 0.15) is 0 Å². The molecular formula is C93H65AlN3O. The van der Waals surface area contributed by atoms with Crippen LogP contribution in [0.25, 0.3) is 120 Å². The quantitative estimate of drug-likeness (QED) is 0.0953. The van der Waals surface area contributed by atoms with Crippen LogP contribution >= 0.6 is 0 Å². The first-order valence-electron chi connectivity index (χ1n) is 33.2. The van der Waals surface area contributed by atoms with E-state index in [2.05, 4.69) is 367 Å². The summed E-state index contributed by atoms with van der Waals surface area (Å²) in [6.07, 6.45) is 1.77. The van der Waals surface area contributed by atoms with Crippen LogP contribution < -0.4 is 13.6 Å². The standard InChI is InChI=1S/C50H36N2.C34H22.C9H7NO.Al.H/c1-7-19-37(20-8-1)49-45-33-31-44(52(41-27-15-5-16-28-41)42-29-17-6-18-30-42)36-48(45)50(38-21-9-2-10-22-38)46-34-32-43(35-47(46)49)51(39-23-11-3-12-24-39)40-25-13-4-14-26-40;1-3-11-25-21-27(19-17-23(25)9-1)33-29-13-5-7-15-31(29)34(32-16-8-6-14-30(32)33)28-20-18-24-10-2-4-12-26(24)22-28;11-8-5-1-3-7-4-2-6-10-9(7)8;;/h1-36H;1-22H;1-6,11H;;/q;;;+1;/p-1. The Morgan fingerprint density at radius 2 is 0.531 bits per heavy atom. The summed E-state index contributed by atoms with van der Waals surface area (Å²) in [7, 11) is 0. The number of nitrogens with zero attached hydrogens (tertiary/aromatic N) is 3. The maximum absolute atomic E-state index is 5.19. The minimum absolute atomic E-state index is 0.839. The number of anilines is 6. The van der Waals surface area contributed by atoms with E-state index in [1.807, 2.05) is 30.3 Å². The Hall–Kier alpha value is -12.4. The van der Waals surface area contributed by atoms with E-state index in [1.165, 1.54) is 126 Å². The van der Waals surface area contributed by atoms with Crippen molar-refractivity contribution < 1.29 is 3.79 Å². The van der Waals surface area contributed by atoms with Crippen molar-refractivity contribution >= 4 is 126 Å². The van der Waals surface area contributed by atoms with Gasteiger partial charge >= 0.3 is 16.6 Å². The number of hydrogen-bond acceptors (Lipinski definition) is 4. The molecule has 0 saturated heterocycles. The Morgan fingerprint density at radius 3 is 0.918 bits per heavy atom. The van der Waals surface area contributed by atoms with Gasteiger partial charge in [0.15, 0.2) is 0 Å². The summed E-state index contributed by atoms with van der Waals surface area (Å²) in [6.45, 7) is 0. The van der Waals surface area contributed by atoms with Gasteiger partial charge in [-0.05, 0) is 206 Å². The van der Waals surface area contributed by atoms with Crippen LogP contribution in [-0.4, -0.2) is 21.6 Å². The van der Waals surface area contributed by atoms with Gasteiger partial charge in [0.1, 0.15) is 11.3 Å². The molecule has 5 heteroatoms. The fourth-order valence-electron chi connectivity index (χ4n) is 14.1. The molecule has 0 bridgehead atoms. The van der Waals surface area contributed by atoms with Crippen LogP contribution in [0.3, 0.4) is 0 Å². The van der Waals surface area contributed by atoms with Gasteiger partial charge in [-0.15, -0.1) is 0 Å². The summed E-state index contributed by atoms with van der Waals surface area (Å²) in [6, 6.07) is 137. The van der Waals surface area contributed by atoms with Gasteiger partial charge in [0.25, 0.3) is 0 Å². The summed E-state index contributed by atoms with van der Waals surface area (Å²) in [4.78, 5) is 8.93. The Morgan fingerprint density at radius 1 is 0.214 bits per heavy atom. The largest absolute Gasteiger partial charge is 0.649 e. The molecule has 0 fully saturated rings. The van der Waals surface area contributed by atoms with Crippen molar-refractivity contribution in [2.75, 3.05) is 9.80 Å². The highest BCUT2D eigenvalue weighted by Crippen LogP contribution is 2.49. The molecule has 0 spiro atoms. The fourth-order valence-corrected chi connectivity index (χ4v) is 14.4. The SMILES string of the molecule is [AlH][O]c1cccc2cccnc12.c1ccc(-c2c3ccc(N(c4ccccc4)c4ccccc4)cc3c(-c3ccccc3)c3ccc(N(c4ccccc4)c4ccccc4)cc23)cc1.c1ccc2cc(-c3c4ccccc4c(-c4ccc5ccccc5c4)c4ccccc34)ccc2c1. The topological polar surface area (TPSA) is 28.6 Å². The number of rotatable bonds is 11. The molecule has 4 nitrogen and oxygen atoms in total. The van der Waals surface area contributed by atoms with E-state index in [0.717, 1.165) is 50.8 Å². The average molecular weight is 1270 g/mol. The predicted molar refractivity (Wildman–Crippen MR) is 419 cm³/mol. The summed E-state index contributed by atoms with van der Waals surface area (Å²) in [5, 5.41) is 16.2. The lowest BCUT2D eigenvalue weighted by atomic mass is 9.85. The number of benzene rings is 17. The van der Waals surface area contributed by atoms with Crippen molar-refractivity contribution in [1.29, 1.82) is 0 Å². The van der Waals surface area contributed by atoms with Crippen molar-refractivity contribution in [3.63, 3.8) is 0 Å². The third-order valence-electron chi connectivity index (χ3n) is 18.5. The zero-order valence-electron chi connectivity index (χ0n) is 53.9. The predicted octanol–water partition coefficient (Wildman–Crippen LogP) is 25.3. The first kappa shape index (κ1) is 60.6. The van der Waals surface area contributed by atoms with Crippen molar-refractivity contribution in [2.24, 2.45) is 0 Å². The van der Waals surface area contributed by atoms with Gasteiger partial charge in [-0.3, -0.25) is 4.98 Å². The molecule has 17 aromatic carbocycles. The summed E-state index contributed by atoms with van der Waals surface area (Å²) < 4.78 is 5.19. The molecule has 461 valence electrons. The maximum atomic E-state index is 5.19. The Kier molecular flexibility index (Phi) is 17.0. The van der Waals surface area contributed by atoms with Gasteiger partial charge < -0.3 is 13.6 Å². The number of pyridine rings is 1. The third kappa shape index (κ3) is 11.9. The highest BCUT2D eigenvalue weighted by molar-refractivity contribution is 6.24.